The zero-order chi connectivity index (χ0) is 17.8. The van der Waals surface area contributed by atoms with Gasteiger partial charge in [-0.2, -0.15) is 0 Å². The molecule has 0 spiro atoms. The van der Waals surface area contributed by atoms with E-state index >= 15 is 0 Å². The predicted octanol–water partition coefficient (Wildman–Crippen LogP) is 4.33. The predicted molar refractivity (Wildman–Crippen MR) is 108 cm³/mol. The highest BCUT2D eigenvalue weighted by Gasteiger charge is 2.26. The molecule has 0 N–H and O–H groups in total. The molecule has 3 aliphatic rings. The number of hydrogen-bond acceptors (Lipinski definition) is 3. The summed E-state index contributed by atoms with van der Waals surface area (Å²) in [5, 5.41) is 0. The molecule has 2 saturated heterocycles. The molecule has 2 heterocycles. The normalized spacial score (nSPS) is 23.8. The minimum atomic E-state index is 0.468. The van der Waals surface area contributed by atoms with Crippen LogP contribution < -0.4 is 0 Å². The number of piperidine rings is 2. The molecule has 26 heavy (non-hydrogen) atoms. The number of hydrogen-bond donors (Lipinski definition) is 0. The van der Waals surface area contributed by atoms with E-state index in [2.05, 4.69) is 40.1 Å². The highest BCUT2D eigenvalue weighted by Crippen LogP contribution is 2.29. The standard InChI is InChI=1S/C23H34N2O/c1-26-23-11-13-24(14-12-23)18-21-7-5-19(6-8-21)17-20-9-15-25(16-10-20)22-3-2-4-22/h5-8,17,22-23H,2-4,9-16,18H2,1H3. The van der Waals surface area contributed by atoms with Crippen LogP contribution in [0.3, 0.4) is 0 Å². The number of rotatable bonds is 5. The van der Waals surface area contributed by atoms with Gasteiger partial charge in [0, 0.05) is 45.9 Å². The van der Waals surface area contributed by atoms with Crippen molar-refractivity contribution < 1.29 is 4.74 Å². The fourth-order valence-corrected chi connectivity index (χ4v) is 4.59. The number of nitrogens with zero attached hydrogens (tertiary/aromatic N) is 2. The monoisotopic (exact) mass is 354 g/mol. The van der Waals surface area contributed by atoms with Crippen molar-refractivity contribution in [2.75, 3.05) is 33.3 Å². The molecule has 3 nitrogen and oxygen atoms in total. The van der Waals surface area contributed by atoms with Gasteiger partial charge >= 0.3 is 0 Å². The molecule has 0 amide bonds. The number of likely N-dealkylation sites (tertiary alicyclic amines) is 2. The van der Waals surface area contributed by atoms with E-state index in [9.17, 15) is 0 Å². The molecule has 0 atom stereocenters. The summed E-state index contributed by atoms with van der Waals surface area (Å²) in [6, 6.07) is 10.2. The Bertz CT molecular complexity index is 587. The minimum Gasteiger partial charge on any atom is -0.381 e. The van der Waals surface area contributed by atoms with Crippen LogP contribution in [0.5, 0.6) is 0 Å². The summed E-state index contributed by atoms with van der Waals surface area (Å²) in [5.41, 5.74) is 4.44. The molecule has 142 valence electrons. The summed E-state index contributed by atoms with van der Waals surface area (Å²) < 4.78 is 5.47. The van der Waals surface area contributed by atoms with Crippen molar-refractivity contribution in [1.82, 2.24) is 9.80 Å². The van der Waals surface area contributed by atoms with Crippen LogP contribution in [0, 0.1) is 0 Å². The van der Waals surface area contributed by atoms with Gasteiger partial charge < -0.3 is 4.74 Å². The lowest BCUT2D eigenvalue weighted by Crippen LogP contribution is -2.43. The zero-order valence-electron chi connectivity index (χ0n) is 16.3. The van der Waals surface area contributed by atoms with E-state index in [-0.39, 0.29) is 0 Å². The lowest BCUT2D eigenvalue weighted by molar-refractivity contribution is 0.0388. The van der Waals surface area contributed by atoms with Gasteiger partial charge in [0.25, 0.3) is 0 Å². The third kappa shape index (κ3) is 4.57. The van der Waals surface area contributed by atoms with Crippen LogP contribution in [0.25, 0.3) is 6.08 Å². The summed E-state index contributed by atoms with van der Waals surface area (Å²) in [5.74, 6) is 0. The second-order valence-electron chi connectivity index (χ2n) is 8.38. The van der Waals surface area contributed by atoms with E-state index in [1.54, 1.807) is 5.57 Å². The number of methoxy groups -OCH3 is 1. The molecule has 1 aromatic carbocycles. The van der Waals surface area contributed by atoms with Gasteiger partial charge in [-0.1, -0.05) is 42.3 Å². The fourth-order valence-electron chi connectivity index (χ4n) is 4.59. The Morgan fingerprint density at radius 2 is 1.65 bits per heavy atom. The summed E-state index contributed by atoms with van der Waals surface area (Å²) in [4.78, 5) is 5.27. The summed E-state index contributed by atoms with van der Waals surface area (Å²) in [6.45, 7) is 5.92. The molecule has 3 heteroatoms. The summed E-state index contributed by atoms with van der Waals surface area (Å²) in [6.07, 6.45) is 12.1. The number of benzene rings is 1. The van der Waals surface area contributed by atoms with Crippen molar-refractivity contribution in [2.24, 2.45) is 0 Å². The Kier molecular flexibility index (Phi) is 6.08. The van der Waals surface area contributed by atoms with Crippen LogP contribution in [0.2, 0.25) is 0 Å². The average Bonchev–Trinajstić information content (AvgIpc) is 2.64. The molecule has 3 fully saturated rings. The van der Waals surface area contributed by atoms with Crippen LogP contribution in [-0.2, 0) is 11.3 Å². The number of ether oxygens (including phenoxy) is 1. The topological polar surface area (TPSA) is 15.7 Å². The molecule has 1 aromatic rings. The quantitative estimate of drug-likeness (QED) is 0.783. The van der Waals surface area contributed by atoms with Gasteiger partial charge in [-0.05, 0) is 49.7 Å². The fraction of sp³-hybridized carbons (Fsp3) is 0.652. The Morgan fingerprint density at radius 3 is 2.23 bits per heavy atom. The van der Waals surface area contributed by atoms with Gasteiger partial charge in [0.1, 0.15) is 0 Å². The van der Waals surface area contributed by atoms with E-state index in [0.717, 1.165) is 25.7 Å². The first-order valence-electron chi connectivity index (χ1n) is 10.6. The van der Waals surface area contributed by atoms with Crippen LogP contribution in [-0.4, -0.2) is 55.2 Å². The van der Waals surface area contributed by atoms with Gasteiger partial charge in [-0.15, -0.1) is 0 Å². The Hall–Kier alpha value is -1.16. The molecule has 2 aliphatic heterocycles. The van der Waals surface area contributed by atoms with E-state index in [1.165, 1.54) is 69.2 Å². The smallest absolute Gasteiger partial charge is 0.0595 e. The highest BCUT2D eigenvalue weighted by molar-refractivity contribution is 5.53. The summed E-state index contributed by atoms with van der Waals surface area (Å²) >= 11 is 0. The largest absolute Gasteiger partial charge is 0.381 e. The van der Waals surface area contributed by atoms with Crippen LogP contribution >= 0.6 is 0 Å². The maximum Gasteiger partial charge on any atom is 0.0595 e. The first-order chi connectivity index (χ1) is 12.8. The molecule has 0 radical (unpaired) electrons. The van der Waals surface area contributed by atoms with Crippen molar-refractivity contribution in [3.05, 3.63) is 41.0 Å². The molecule has 0 bridgehead atoms. The van der Waals surface area contributed by atoms with Crippen molar-refractivity contribution in [1.29, 1.82) is 0 Å². The molecule has 4 rings (SSSR count). The Balaban J connectivity index is 1.26. The van der Waals surface area contributed by atoms with Crippen LogP contribution in [0.1, 0.15) is 56.1 Å². The zero-order valence-corrected chi connectivity index (χ0v) is 16.3. The van der Waals surface area contributed by atoms with E-state index in [1.807, 2.05) is 7.11 Å². The Morgan fingerprint density at radius 1 is 0.962 bits per heavy atom. The van der Waals surface area contributed by atoms with Gasteiger partial charge in [0.15, 0.2) is 0 Å². The molecular weight excluding hydrogens is 320 g/mol. The SMILES string of the molecule is COC1CCN(Cc2ccc(C=C3CCN(C4CCC4)CC3)cc2)CC1. The maximum absolute atomic E-state index is 5.47. The lowest BCUT2D eigenvalue weighted by atomic mass is 9.89. The second kappa shape index (κ2) is 8.69. The summed E-state index contributed by atoms with van der Waals surface area (Å²) in [7, 11) is 1.84. The van der Waals surface area contributed by atoms with E-state index in [4.69, 9.17) is 4.74 Å². The minimum absolute atomic E-state index is 0.468. The van der Waals surface area contributed by atoms with Gasteiger partial charge in [-0.3, -0.25) is 9.80 Å². The van der Waals surface area contributed by atoms with E-state index < -0.39 is 0 Å². The maximum atomic E-state index is 5.47. The van der Waals surface area contributed by atoms with Crippen molar-refractivity contribution in [3.63, 3.8) is 0 Å². The molecule has 0 unspecified atom stereocenters. The Labute approximate surface area is 159 Å². The van der Waals surface area contributed by atoms with Crippen molar-refractivity contribution in [3.8, 4) is 0 Å². The van der Waals surface area contributed by atoms with E-state index in [0.29, 0.717) is 6.10 Å². The first kappa shape index (κ1) is 18.2. The van der Waals surface area contributed by atoms with Crippen LogP contribution in [0.15, 0.2) is 29.8 Å². The van der Waals surface area contributed by atoms with Gasteiger partial charge in [-0.25, -0.2) is 0 Å². The second-order valence-corrected chi connectivity index (χ2v) is 8.38. The van der Waals surface area contributed by atoms with Crippen LogP contribution in [0.4, 0.5) is 0 Å². The third-order valence-electron chi connectivity index (χ3n) is 6.66. The van der Waals surface area contributed by atoms with Crippen molar-refractivity contribution in [2.45, 2.75) is 63.6 Å². The lowest BCUT2D eigenvalue weighted by Gasteiger charge is -2.40. The average molecular weight is 355 g/mol. The van der Waals surface area contributed by atoms with Gasteiger partial charge in [0.2, 0.25) is 0 Å². The van der Waals surface area contributed by atoms with Gasteiger partial charge in [0.05, 0.1) is 6.10 Å². The first-order valence-corrected chi connectivity index (χ1v) is 10.6. The molecular formula is C23H34N2O. The highest BCUT2D eigenvalue weighted by atomic mass is 16.5. The van der Waals surface area contributed by atoms with Crippen molar-refractivity contribution >= 4 is 6.08 Å². The molecule has 0 aromatic heterocycles. The molecule has 1 saturated carbocycles. The molecule has 1 aliphatic carbocycles. The third-order valence-corrected chi connectivity index (χ3v) is 6.66.